The third kappa shape index (κ3) is 14.7. The van der Waals surface area contributed by atoms with Crippen molar-refractivity contribution in [3.63, 3.8) is 0 Å². The molecule has 1 aliphatic heterocycles. The second-order valence-electron chi connectivity index (χ2n) is 3.38. The van der Waals surface area contributed by atoms with Gasteiger partial charge in [0.2, 0.25) is 0 Å². The average Bonchev–Trinajstić information content (AvgIpc) is 2.54. The maximum absolute atomic E-state index is 3.78. The lowest BCUT2D eigenvalue weighted by atomic mass is 10.4. The molecule has 5 N–H and O–H groups in total. The highest BCUT2D eigenvalue weighted by atomic mass is 79.9. The number of hydrogen-bond acceptors (Lipinski definition) is 5. The Morgan fingerprint density at radius 1 is 0.650 bits per heavy atom. The van der Waals surface area contributed by atoms with E-state index in [1.807, 2.05) is 36.4 Å². The fourth-order valence-corrected chi connectivity index (χ4v) is 1.08. The average molecular weight is 344 g/mol. The van der Waals surface area contributed by atoms with E-state index < -0.39 is 0 Å². The van der Waals surface area contributed by atoms with Crippen LogP contribution >= 0.6 is 17.0 Å². The van der Waals surface area contributed by atoms with E-state index in [-0.39, 0.29) is 22.5 Å². The molecular formula is C13H22BrN5O. The number of halogens is 1. The molecule has 1 aliphatic rings. The Balaban J connectivity index is 0. The van der Waals surface area contributed by atoms with Crippen molar-refractivity contribution < 1.29 is 5.48 Å². The van der Waals surface area contributed by atoms with Crippen LogP contribution in [-0.4, -0.2) is 28.5 Å². The monoisotopic (exact) mass is 343 g/mol. The zero-order valence-corrected chi connectivity index (χ0v) is 12.9. The maximum Gasteiger partial charge on any atom is 0.0267 e. The Kier molecular flexibility index (Phi) is 18.4. The number of hydrogen-bond donors (Lipinski definition) is 3. The summed E-state index contributed by atoms with van der Waals surface area (Å²) in [5, 5.41) is 0. The predicted molar refractivity (Wildman–Crippen MR) is 86.2 cm³/mol. The Bertz CT molecular complexity index is 265. The lowest BCUT2D eigenvalue weighted by molar-refractivity contribution is 0.372. The summed E-state index contributed by atoms with van der Waals surface area (Å²) in [6, 6.07) is 11.4. The molecule has 1 fully saturated rings. The predicted octanol–water partition coefficient (Wildman–Crippen LogP) is 0.905. The van der Waals surface area contributed by atoms with Gasteiger partial charge in [-0.25, -0.2) is 10.9 Å². The first-order chi connectivity index (χ1) is 9.00. The van der Waals surface area contributed by atoms with E-state index in [4.69, 9.17) is 0 Å². The van der Waals surface area contributed by atoms with Crippen molar-refractivity contribution in [3.8, 4) is 0 Å². The van der Waals surface area contributed by atoms with Crippen LogP contribution in [0.5, 0.6) is 0 Å². The molecule has 0 saturated carbocycles. The second-order valence-corrected chi connectivity index (χ2v) is 3.38. The van der Waals surface area contributed by atoms with Gasteiger partial charge < -0.3 is 5.48 Å². The molecule has 20 heavy (non-hydrogen) atoms. The topological polar surface area (TPSA) is 93.4 Å². The number of hydrazine groups is 2. The first-order valence-corrected chi connectivity index (χ1v) is 5.91. The number of nitrogens with one attached hydrogen (secondary N) is 3. The third-order valence-corrected chi connectivity index (χ3v) is 1.91. The normalized spacial score (nSPS) is 12.0. The Morgan fingerprint density at radius 2 is 1.05 bits per heavy atom. The van der Waals surface area contributed by atoms with Crippen molar-refractivity contribution >= 4 is 17.0 Å². The van der Waals surface area contributed by atoms with Crippen molar-refractivity contribution in [2.24, 2.45) is 0 Å². The highest BCUT2D eigenvalue weighted by Gasteiger charge is 1.90. The van der Waals surface area contributed by atoms with Crippen LogP contribution in [0.25, 0.3) is 0 Å². The zero-order chi connectivity index (χ0) is 12.7. The minimum Gasteiger partial charge on any atom is -0.412 e. The largest absolute Gasteiger partial charge is 0.412 e. The van der Waals surface area contributed by atoms with Crippen LogP contribution in [0.1, 0.15) is 6.42 Å². The van der Waals surface area contributed by atoms with Gasteiger partial charge in [-0.05, 0) is 30.7 Å². The van der Waals surface area contributed by atoms with E-state index in [1.54, 1.807) is 24.8 Å². The third-order valence-electron chi connectivity index (χ3n) is 1.91. The summed E-state index contributed by atoms with van der Waals surface area (Å²) >= 11 is 0. The fraction of sp³-hybridized carbons (Fsp3) is 0.231. The van der Waals surface area contributed by atoms with E-state index in [9.17, 15) is 0 Å². The van der Waals surface area contributed by atoms with Crippen LogP contribution in [0, 0.1) is 0 Å². The van der Waals surface area contributed by atoms with Crippen LogP contribution in [-0.2, 0) is 0 Å². The highest BCUT2D eigenvalue weighted by molar-refractivity contribution is 8.93. The Labute approximate surface area is 130 Å². The van der Waals surface area contributed by atoms with Crippen LogP contribution in [0.15, 0.2) is 61.2 Å². The van der Waals surface area contributed by atoms with Gasteiger partial charge >= 0.3 is 0 Å². The first-order valence-electron chi connectivity index (χ1n) is 5.91. The summed E-state index contributed by atoms with van der Waals surface area (Å²) in [5.41, 5.74) is 8.63. The number of aromatic nitrogens is 2. The molecule has 0 atom stereocenters. The van der Waals surface area contributed by atoms with Crippen LogP contribution in [0.4, 0.5) is 0 Å². The zero-order valence-electron chi connectivity index (χ0n) is 11.2. The van der Waals surface area contributed by atoms with Gasteiger partial charge in [-0.3, -0.25) is 9.97 Å². The number of nitrogens with zero attached hydrogens (tertiary/aromatic N) is 2. The van der Waals surface area contributed by atoms with Crippen LogP contribution < -0.4 is 16.4 Å². The molecule has 0 aromatic carbocycles. The van der Waals surface area contributed by atoms with Gasteiger partial charge in [-0.15, -0.1) is 17.0 Å². The molecule has 1 saturated heterocycles. The molecule has 0 bridgehead atoms. The van der Waals surface area contributed by atoms with E-state index in [2.05, 4.69) is 26.4 Å². The Hall–Kier alpha value is -1.38. The summed E-state index contributed by atoms with van der Waals surface area (Å²) in [5.74, 6) is 0. The molecule has 0 amide bonds. The standard InChI is InChI=1S/2C5H5N.C3H9N3.BrH.H2O/c3*1-2-4-6-5-3-1;;/h2*1-5H;4-6H,1-3H2;1H;1H2. The molecule has 0 unspecified atom stereocenters. The summed E-state index contributed by atoms with van der Waals surface area (Å²) in [6.07, 6.45) is 8.22. The molecule has 3 rings (SSSR count). The molecule has 3 heterocycles. The molecule has 2 aromatic heterocycles. The summed E-state index contributed by atoms with van der Waals surface area (Å²) < 4.78 is 0. The smallest absolute Gasteiger partial charge is 0.0267 e. The fourth-order valence-electron chi connectivity index (χ4n) is 1.08. The Morgan fingerprint density at radius 3 is 1.15 bits per heavy atom. The van der Waals surface area contributed by atoms with Gasteiger partial charge in [0.25, 0.3) is 0 Å². The molecule has 0 radical (unpaired) electrons. The molecule has 112 valence electrons. The SMILES string of the molecule is Br.C1CNNNC1.O.c1ccncc1.c1ccncc1. The lowest BCUT2D eigenvalue weighted by Crippen LogP contribution is -2.49. The molecular weight excluding hydrogens is 322 g/mol. The second kappa shape index (κ2) is 17.6. The molecule has 7 heteroatoms. The summed E-state index contributed by atoms with van der Waals surface area (Å²) in [7, 11) is 0. The van der Waals surface area contributed by atoms with Gasteiger partial charge in [0, 0.05) is 37.9 Å². The van der Waals surface area contributed by atoms with Crippen molar-refractivity contribution in [1.82, 2.24) is 26.4 Å². The minimum absolute atomic E-state index is 0. The van der Waals surface area contributed by atoms with Crippen molar-refractivity contribution in [1.29, 1.82) is 0 Å². The molecule has 0 spiro atoms. The van der Waals surface area contributed by atoms with Crippen LogP contribution in [0.2, 0.25) is 0 Å². The molecule has 2 aromatic rings. The van der Waals surface area contributed by atoms with Gasteiger partial charge in [0.1, 0.15) is 0 Å². The van der Waals surface area contributed by atoms with E-state index in [1.165, 1.54) is 6.42 Å². The number of rotatable bonds is 0. The number of pyridine rings is 2. The van der Waals surface area contributed by atoms with Gasteiger partial charge in [-0.1, -0.05) is 12.1 Å². The van der Waals surface area contributed by atoms with Crippen molar-refractivity contribution in [2.75, 3.05) is 13.1 Å². The first kappa shape index (κ1) is 20.9. The minimum atomic E-state index is 0. The van der Waals surface area contributed by atoms with Gasteiger partial charge in [0.15, 0.2) is 0 Å². The van der Waals surface area contributed by atoms with E-state index in [0.717, 1.165) is 13.1 Å². The molecule has 6 nitrogen and oxygen atoms in total. The highest BCUT2D eigenvalue weighted by Crippen LogP contribution is 1.74. The van der Waals surface area contributed by atoms with E-state index >= 15 is 0 Å². The molecule has 0 aliphatic carbocycles. The lowest BCUT2D eigenvalue weighted by Gasteiger charge is -2.12. The maximum atomic E-state index is 3.78. The van der Waals surface area contributed by atoms with E-state index in [0.29, 0.717) is 0 Å². The van der Waals surface area contributed by atoms with Crippen LogP contribution in [0.3, 0.4) is 0 Å². The van der Waals surface area contributed by atoms with Gasteiger partial charge in [0.05, 0.1) is 0 Å². The summed E-state index contributed by atoms with van der Waals surface area (Å²) in [6.45, 7) is 2.15. The van der Waals surface area contributed by atoms with Crippen molar-refractivity contribution in [2.45, 2.75) is 6.42 Å². The van der Waals surface area contributed by atoms with Crippen molar-refractivity contribution in [3.05, 3.63) is 61.2 Å². The quantitative estimate of drug-likeness (QED) is 0.660. The van der Waals surface area contributed by atoms with Gasteiger partial charge in [-0.2, -0.15) is 5.53 Å². The summed E-state index contributed by atoms with van der Waals surface area (Å²) in [4.78, 5) is 7.57.